The van der Waals surface area contributed by atoms with Gasteiger partial charge in [-0.2, -0.15) is 18.3 Å². The van der Waals surface area contributed by atoms with Crippen LogP contribution >= 0.6 is 0 Å². The van der Waals surface area contributed by atoms with Crippen molar-refractivity contribution in [1.29, 1.82) is 0 Å². The molecule has 0 unspecified atom stereocenters. The van der Waals surface area contributed by atoms with Gasteiger partial charge in [0.1, 0.15) is 0 Å². The van der Waals surface area contributed by atoms with Crippen LogP contribution in [0.5, 0.6) is 0 Å². The number of benzene rings is 1. The molecule has 134 valence electrons. The molecule has 25 heavy (non-hydrogen) atoms. The minimum Gasteiger partial charge on any atom is -0.352 e. The first-order chi connectivity index (χ1) is 11.8. The number of carbonyl (C=O) groups is 1. The molecular weight excluding hydrogens is 331 g/mol. The van der Waals surface area contributed by atoms with Gasteiger partial charge in [0.25, 0.3) is 5.91 Å². The standard InChI is InChI=1S/C18H20F3N3O/c1-12-4-2-5-14(10-12)17(25)22-8-3-9-24-15(13-6-7-13)11-16(23-24)18(19,20)21/h2,4-5,10-11,13H,3,6-9H2,1H3,(H,22,25). The van der Waals surface area contributed by atoms with Crippen molar-refractivity contribution in [3.8, 4) is 0 Å². The number of hydrogen-bond donors (Lipinski definition) is 1. The molecule has 0 atom stereocenters. The summed E-state index contributed by atoms with van der Waals surface area (Å²) < 4.78 is 40.0. The number of halogens is 3. The molecule has 0 radical (unpaired) electrons. The lowest BCUT2D eigenvalue weighted by Crippen LogP contribution is -2.25. The molecule has 0 bridgehead atoms. The molecule has 0 aliphatic heterocycles. The van der Waals surface area contributed by atoms with E-state index < -0.39 is 11.9 Å². The summed E-state index contributed by atoms with van der Waals surface area (Å²) in [7, 11) is 0. The molecular formula is C18H20F3N3O. The number of alkyl halides is 3. The number of carbonyl (C=O) groups excluding carboxylic acids is 1. The van der Waals surface area contributed by atoms with Crippen molar-refractivity contribution in [2.45, 2.75) is 44.8 Å². The zero-order chi connectivity index (χ0) is 18.0. The van der Waals surface area contributed by atoms with E-state index in [4.69, 9.17) is 0 Å². The van der Waals surface area contributed by atoms with Gasteiger partial charge in [-0.25, -0.2) is 0 Å². The van der Waals surface area contributed by atoms with Crippen molar-refractivity contribution >= 4 is 5.91 Å². The van der Waals surface area contributed by atoms with Gasteiger partial charge in [-0.15, -0.1) is 0 Å². The molecule has 1 fully saturated rings. The van der Waals surface area contributed by atoms with Gasteiger partial charge in [0.15, 0.2) is 5.69 Å². The third-order valence-corrected chi connectivity index (χ3v) is 4.21. The van der Waals surface area contributed by atoms with E-state index in [1.807, 2.05) is 19.1 Å². The molecule has 0 saturated heterocycles. The highest BCUT2D eigenvalue weighted by molar-refractivity contribution is 5.94. The summed E-state index contributed by atoms with van der Waals surface area (Å²) in [4.78, 5) is 12.0. The molecule has 1 N–H and O–H groups in total. The zero-order valence-electron chi connectivity index (χ0n) is 13.9. The SMILES string of the molecule is Cc1cccc(C(=O)NCCCn2nc(C(F)(F)F)cc2C2CC2)c1. The Kier molecular flexibility index (Phi) is 4.83. The Balaban J connectivity index is 1.55. The molecule has 1 aliphatic rings. The Morgan fingerprint density at radius 1 is 1.32 bits per heavy atom. The van der Waals surface area contributed by atoms with Gasteiger partial charge in [0.05, 0.1) is 0 Å². The maximum absolute atomic E-state index is 12.8. The Morgan fingerprint density at radius 2 is 2.08 bits per heavy atom. The maximum atomic E-state index is 12.8. The molecule has 1 saturated carbocycles. The summed E-state index contributed by atoms with van der Waals surface area (Å²) in [6, 6.07) is 8.41. The Morgan fingerprint density at radius 3 is 2.72 bits per heavy atom. The highest BCUT2D eigenvalue weighted by Crippen LogP contribution is 2.42. The predicted molar refractivity (Wildman–Crippen MR) is 87.3 cm³/mol. The molecule has 7 heteroatoms. The van der Waals surface area contributed by atoms with E-state index in [0.29, 0.717) is 30.8 Å². The molecule has 1 aromatic heterocycles. The quantitative estimate of drug-likeness (QED) is 0.802. The second-order valence-electron chi connectivity index (χ2n) is 6.43. The average Bonchev–Trinajstić information content (AvgIpc) is 3.30. The van der Waals surface area contributed by atoms with Gasteiger partial charge >= 0.3 is 6.18 Å². The van der Waals surface area contributed by atoms with Gasteiger partial charge in [-0.1, -0.05) is 17.7 Å². The molecule has 1 amide bonds. The number of nitrogens with zero attached hydrogens (tertiary/aromatic N) is 2. The number of hydrogen-bond acceptors (Lipinski definition) is 2. The molecule has 1 aliphatic carbocycles. The van der Waals surface area contributed by atoms with Crippen LogP contribution in [0.1, 0.15) is 52.5 Å². The molecule has 0 spiro atoms. The van der Waals surface area contributed by atoms with Crippen LogP contribution in [0.15, 0.2) is 30.3 Å². The highest BCUT2D eigenvalue weighted by atomic mass is 19.4. The van der Waals surface area contributed by atoms with Crippen LogP contribution in [0.2, 0.25) is 0 Å². The van der Waals surface area contributed by atoms with E-state index in [9.17, 15) is 18.0 Å². The number of nitrogens with one attached hydrogen (secondary N) is 1. The molecule has 4 nitrogen and oxygen atoms in total. The van der Waals surface area contributed by atoms with Crippen LogP contribution in [-0.4, -0.2) is 22.2 Å². The van der Waals surface area contributed by atoms with Crippen LogP contribution in [-0.2, 0) is 12.7 Å². The summed E-state index contributed by atoms with van der Waals surface area (Å²) >= 11 is 0. The summed E-state index contributed by atoms with van der Waals surface area (Å²) in [6.07, 6.45) is -2.08. The van der Waals surface area contributed by atoms with E-state index in [-0.39, 0.29) is 11.8 Å². The monoisotopic (exact) mass is 351 g/mol. The van der Waals surface area contributed by atoms with Crippen molar-refractivity contribution in [3.05, 3.63) is 52.8 Å². The zero-order valence-corrected chi connectivity index (χ0v) is 13.9. The Bertz CT molecular complexity index is 763. The van der Waals surface area contributed by atoms with Crippen LogP contribution in [0.25, 0.3) is 0 Å². The lowest BCUT2D eigenvalue weighted by atomic mass is 10.1. The first-order valence-electron chi connectivity index (χ1n) is 8.34. The lowest BCUT2D eigenvalue weighted by molar-refractivity contribution is -0.141. The first kappa shape index (κ1) is 17.5. The minimum atomic E-state index is -4.42. The van der Waals surface area contributed by atoms with Crippen molar-refractivity contribution in [1.82, 2.24) is 15.1 Å². The number of aryl methyl sites for hydroxylation is 2. The summed E-state index contributed by atoms with van der Waals surface area (Å²) in [5.74, 6) is 0.00745. The summed E-state index contributed by atoms with van der Waals surface area (Å²) in [6.45, 7) is 2.65. The third-order valence-electron chi connectivity index (χ3n) is 4.21. The first-order valence-corrected chi connectivity index (χ1v) is 8.34. The van der Waals surface area contributed by atoms with E-state index >= 15 is 0 Å². The van der Waals surface area contributed by atoms with Gasteiger partial charge in [0.2, 0.25) is 0 Å². The van der Waals surface area contributed by atoms with Crippen LogP contribution in [0, 0.1) is 6.92 Å². The predicted octanol–water partition coefficient (Wildman–Crippen LogP) is 3.91. The lowest BCUT2D eigenvalue weighted by Gasteiger charge is -2.08. The molecule has 1 heterocycles. The van der Waals surface area contributed by atoms with Crippen molar-refractivity contribution in [3.63, 3.8) is 0 Å². The van der Waals surface area contributed by atoms with Crippen molar-refractivity contribution in [2.24, 2.45) is 0 Å². The molecule has 3 rings (SSSR count). The minimum absolute atomic E-state index is 0.178. The van der Waals surface area contributed by atoms with E-state index in [1.165, 1.54) is 4.68 Å². The van der Waals surface area contributed by atoms with Gasteiger partial charge in [-0.05, 0) is 44.4 Å². The topological polar surface area (TPSA) is 46.9 Å². The summed E-state index contributed by atoms with van der Waals surface area (Å²) in [5, 5.41) is 6.50. The van der Waals surface area contributed by atoms with Gasteiger partial charge in [0, 0.05) is 30.3 Å². The second-order valence-corrected chi connectivity index (χ2v) is 6.43. The van der Waals surface area contributed by atoms with E-state index in [0.717, 1.165) is 24.5 Å². The number of amides is 1. The molecule has 2 aromatic rings. The van der Waals surface area contributed by atoms with E-state index in [1.54, 1.807) is 12.1 Å². The normalized spacial score (nSPS) is 14.6. The van der Waals surface area contributed by atoms with Gasteiger partial charge < -0.3 is 5.32 Å². The Hall–Kier alpha value is -2.31. The van der Waals surface area contributed by atoms with Crippen LogP contribution < -0.4 is 5.32 Å². The van der Waals surface area contributed by atoms with Crippen molar-refractivity contribution < 1.29 is 18.0 Å². The Labute approximate surface area is 144 Å². The fourth-order valence-corrected chi connectivity index (χ4v) is 2.78. The fourth-order valence-electron chi connectivity index (χ4n) is 2.78. The number of rotatable bonds is 6. The van der Waals surface area contributed by atoms with Gasteiger partial charge in [-0.3, -0.25) is 9.48 Å². The second kappa shape index (κ2) is 6.90. The van der Waals surface area contributed by atoms with Crippen LogP contribution in [0.4, 0.5) is 13.2 Å². The van der Waals surface area contributed by atoms with Crippen molar-refractivity contribution in [2.75, 3.05) is 6.54 Å². The maximum Gasteiger partial charge on any atom is 0.435 e. The molecule has 1 aromatic carbocycles. The van der Waals surface area contributed by atoms with E-state index in [2.05, 4.69) is 10.4 Å². The smallest absolute Gasteiger partial charge is 0.352 e. The largest absolute Gasteiger partial charge is 0.435 e. The fraction of sp³-hybridized carbons (Fsp3) is 0.444. The highest BCUT2D eigenvalue weighted by Gasteiger charge is 2.37. The third kappa shape index (κ3) is 4.41. The summed E-state index contributed by atoms with van der Waals surface area (Å²) in [5.41, 5.74) is 1.39. The number of aromatic nitrogens is 2. The average molecular weight is 351 g/mol. The van der Waals surface area contributed by atoms with Crippen LogP contribution in [0.3, 0.4) is 0 Å².